The first kappa shape index (κ1) is 18.1. The molecule has 0 aliphatic carbocycles. The van der Waals surface area contributed by atoms with Crippen molar-refractivity contribution in [1.29, 1.82) is 0 Å². The molecule has 0 bridgehead atoms. The second kappa shape index (κ2) is 6.84. The van der Waals surface area contributed by atoms with Gasteiger partial charge in [-0.3, -0.25) is 9.59 Å². The number of hydrogen-bond acceptors (Lipinski definition) is 5. The van der Waals surface area contributed by atoms with Gasteiger partial charge in [0.1, 0.15) is 17.4 Å². The summed E-state index contributed by atoms with van der Waals surface area (Å²) in [7, 11) is 1.59. The summed E-state index contributed by atoms with van der Waals surface area (Å²) in [6.45, 7) is 0. The van der Waals surface area contributed by atoms with Crippen molar-refractivity contribution in [3.63, 3.8) is 0 Å². The van der Waals surface area contributed by atoms with E-state index in [2.05, 4.69) is 10.5 Å². The predicted octanol–water partition coefficient (Wildman–Crippen LogP) is 3.78. The van der Waals surface area contributed by atoms with E-state index in [1.165, 1.54) is 0 Å². The number of ketones is 1. The lowest BCUT2D eigenvalue weighted by Gasteiger charge is -2.26. The van der Waals surface area contributed by atoms with Gasteiger partial charge in [-0.05, 0) is 30.3 Å². The molecule has 0 unspecified atom stereocenters. The number of amides is 1. The number of nitrogens with zero attached hydrogens (tertiary/aromatic N) is 1. The smallest absolute Gasteiger partial charge is 0.277 e. The van der Waals surface area contributed by atoms with Crippen molar-refractivity contribution in [2.24, 2.45) is 11.1 Å². The molecule has 1 N–H and O–H groups in total. The molecule has 2 heterocycles. The van der Waals surface area contributed by atoms with E-state index >= 15 is 0 Å². The van der Waals surface area contributed by atoms with E-state index in [4.69, 9.17) is 9.57 Å². The van der Waals surface area contributed by atoms with Crippen molar-refractivity contribution in [3.8, 4) is 5.75 Å². The molecule has 0 fully saturated rings. The molecule has 0 radical (unpaired) electrons. The number of anilines is 1. The van der Waals surface area contributed by atoms with E-state index in [1.54, 1.807) is 55.6 Å². The number of rotatable bonds is 4. The molecule has 30 heavy (non-hydrogen) atoms. The summed E-state index contributed by atoms with van der Waals surface area (Å²) in [5.41, 5.74) is 1.29. The van der Waals surface area contributed by atoms with E-state index in [9.17, 15) is 9.59 Å². The van der Waals surface area contributed by atoms with Gasteiger partial charge in [0.15, 0.2) is 5.78 Å². The number of oxime groups is 1. The molecule has 0 aromatic heterocycles. The number of nitrogens with one attached hydrogen (secondary N) is 1. The molecule has 6 nitrogen and oxygen atoms in total. The topological polar surface area (TPSA) is 77.0 Å². The lowest BCUT2D eigenvalue weighted by molar-refractivity contribution is -0.140. The third-order valence-corrected chi connectivity index (χ3v) is 5.59. The van der Waals surface area contributed by atoms with Crippen LogP contribution in [0.25, 0.3) is 0 Å². The minimum Gasteiger partial charge on any atom is -0.497 e. The van der Waals surface area contributed by atoms with Gasteiger partial charge in [-0.15, -0.1) is 0 Å². The first-order valence-corrected chi connectivity index (χ1v) is 9.56. The molecule has 148 valence electrons. The molecule has 2 aliphatic rings. The number of methoxy groups -OCH3 is 1. The van der Waals surface area contributed by atoms with Crippen LogP contribution in [-0.4, -0.2) is 24.5 Å². The molecular formula is C24H18N2O4. The monoisotopic (exact) mass is 398 g/mol. The highest BCUT2D eigenvalue weighted by Crippen LogP contribution is 2.49. The average Bonchev–Trinajstić information content (AvgIpc) is 3.33. The van der Waals surface area contributed by atoms with Crippen LogP contribution in [0.15, 0.2) is 84.0 Å². The van der Waals surface area contributed by atoms with Crippen LogP contribution in [0.1, 0.15) is 21.5 Å². The second-order valence-corrected chi connectivity index (χ2v) is 7.19. The van der Waals surface area contributed by atoms with Crippen LogP contribution in [-0.2, 0) is 15.2 Å². The van der Waals surface area contributed by atoms with Gasteiger partial charge in [-0.25, -0.2) is 0 Å². The Hall–Kier alpha value is -3.93. The zero-order valence-electron chi connectivity index (χ0n) is 16.2. The first-order chi connectivity index (χ1) is 14.6. The molecule has 2 aliphatic heterocycles. The fraction of sp³-hybridized carbons (Fsp3) is 0.125. The SMILES string of the molecule is COc1ccc(C2=NO[C@@]3(C(=O)Nc4ccccc43)[C@@H]2C(=O)c2ccccc2)cc1. The molecule has 1 spiro atoms. The van der Waals surface area contributed by atoms with Gasteiger partial charge in [-0.2, -0.15) is 0 Å². The number of Topliss-reactive ketones (excluding diaryl/α,β-unsaturated/α-hetero) is 1. The maximum Gasteiger partial charge on any atom is 0.277 e. The number of para-hydroxylation sites is 1. The highest BCUT2D eigenvalue weighted by atomic mass is 16.7. The third-order valence-electron chi connectivity index (χ3n) is 5.59. The van der Waals surface area contributed by atoms with Gasteiger partial charge in [-0.1, -0.05) is 53.7 Å². The highest BCUT2D eigenvalue weighted by molar-refractivity contribution is 6.24. The van der Waals surface area contributed by atoms with Gasteiger partial charge < -0.3 is 14.9 Å². The van der Waals surface area contributed by atoms with E-state index in [1.807, 2.05) is 30.3 Å². The number of ether oxygens (including phenoxy) is 1. The van der Waals surface area contributed by atoms with Crippen molar-refractivity contribution in [3.05, 3.63) is 95.6 Å². The van der Waals surface area contributed by atoms with Gasteiger partial charge in [0.25, 0.3) is 11.5 Å². The minimum absolute atomic E-state index is 0.227. The lowest BCUT2D eigenvalue weighted by atomic mass is 9.74. The summed E-state index contributed by atoms with van der Waals surface area (Å²) in [4.78, 5) is 32.7. The molecule has 0 saturated carbocycles. The summed E-state index contributed by atoms with van der Waals surface area (Å²) in [5, 5.41) is 7.12. The van der Waals surface area contributed by atoms with Gasteiger partial charge in [0, 0.05) is 22.4 Å². The summed E-state index contributed by atoms with van der Waals surface area (Å²) in [5.74, 6) is -0.875. The van der Waals surface area contributed by atoms with Crippen LogP contribution in [0.5, 0.6) is 5.75 Å². The Balaban J connectivity index is 1.68. The van der Waals surface area contributed by atoms with E-state index < -0.39 is 17.4 Å². The number of carbonyl (C=O) groups excluding carboxylic acids is 2. The summed E-state index contributed by atoms with van der Waals surface area (Å²) >= 11 is 0. The Morgan fingerprint density at radius 2 is 1.70 bits per heavy atom. The van der Waals surface area contributed by atoms with Crippen molar-refractivity contribution >= 4 is 23.1 Å². The molecule has 3 aromatic rings. The number of benzene rings is 3. The van der Waals surface area contributed by atoms with Gasteiger partial charge in [0.2, 0.25) is 0 Å². The first-order valence-electron chi connectivity index (χ1n) is 9.56. The van der Waals surface area contributed by atoms with E-state index in [0.29, 0.717) is 33.8 Å². The van der Waals surface area contributed by atoms with Crippen LogP contribution in [0.3, 0.4) is 0 Å². The van der Waals surface area contributed by atoms with Crippen molar-refractivity contribution in [1.82, 2.24) is 0 Å². The zero-order valence-corrected chi connectivity index (χ0v) is 16.2. The normalized spacial score (nSPS) is 21.6. The fourth-order valence-electron chi connectivity index (χ4n) is 4.11. The predicted molar refractivity (Wildman–Crippen MR) is 112 cm³/mol. The molecule has 1 amide bonds. The third kappa shape index (κ3) is 2.54. The maximum absolute atomic E-state index is 13.7. The Morgan fingerprint density at radius 3 is 2.43 bits per heavy atom. The van der Waals surface area contributed by atoms with E-state index in [0.717, 1.165) is 0 Å². The second-order valence-electron chi connectivity index (χ2n) is 7.19. The number of carbonyl (C=O) groups is 2. The molecule has 3 aromatic carbocycles. The van der Waals surface area contributed by atoms with Crippen molar-refractivity contribution in [2.75, 3.05) is 12.4 Å². The Bertz CT molecular complexity index is 1170. The van der Waals surface area contributed by atoms with Crippen LogP contribution in [0, 0.1) is 5.92 Å². The van der Waals surface area contributed by atoms with Crippen LogP contribution in [0.4, 0.5) is 5.69 Å². The van der Waals surface area contributed by atoms with Crippen molar-refractivity contribution in [2.45, 2.75) is 5.60 Å². The van der Waals surface area contributed by atoms with Crippen LogP contribution < -0.4 is 10.1 Å². The van der Waals surface area contributed by atoms with Gasteiger partial charge >= 0.3 is 0 Å². The maximum atomic E-state index is 13.7. The molecule has 2 atom stereocenters. The lowest BCUT2D eigenvalue weighted by Crippen LogP contribution is -2.46. The Morgan fingerprint density at radius 1 is 1.00 bits per heavy atom. The highest BCUT2D eigenvalue weighted by Gasteiger charge is 2.63. The van der Waals surface area contributed by atoms with E-state index in [-0.39, 0.29) is 5.78 Å². The minimum atomic E-state index is -1.54. The standard InChI is InChI=1S/C24H18N2O4/c1-29-17-13-11-15(12-14-17)21-20(22(27)16-7-3-2-4-8-16)24(30-26-21)18-9-5-6-10-19(18)25-23(24)28/h2-14,20H,1H3,(H,25,28)/t20-,24+/m0/s1. The number of hydrogen-bond donors (Lipinski definition) is 1. The molecule has 5 rings (SSSR count). The summed E-state index contributed by atoms with van der Waals surface area (Å²) in [6, 6.07) is 23.3. The van der Waals surface area contributed by atoms with Gasteiger partial charge in [0.05, 0.1) is 7.11 Å². The Labute approximate surface area is 173 Å². The fourth-order valence-corrected chi connectivity index (χ4v) is 4.11. The average molecular weight is 398 g/mol. The Kier molecular flexibility index (Phi) is 4.13. The number of fused-ring (bicyclic) bond motifs is 2. The quantitative estimate of drug-likeness (QED) is 0.679. The summed E-state index contributed by atoms with van der Waals surface area (Å²) < 4.78 is 5.23. The molecule has 6 heteroatoms. The van der Waals surface area contributed by atoms with Crippen molar-refractivity contribution < 1.29 is 19.2 Å². The zero-order chi connectivity index (χ0) is 20.7. The molecule has 0 saturated heterocycles. The van der Waals surface area contributed by atoms with Crippen LogP contribution >= 0.6 is 0 Å². The summed E-state index contributed by atoms with van der Waals surface area (Å²) in [6.07, 6.45) is 0. The van der Waals surface area contributed by atoms with Crippen LogP contribution in [0.2, 0.25) is 0 Å². The largest absolute Gasteiger partial charge is 0.497 e. The molecular weight excluding hydrogens is 380 g/mol.